The van der Waals surface area contributed by atoms with Crippen LogP contribution >= 0.6 is 11.6 Å². The van der Waals surface area contributed by atoms with E-state index in [0.717, 1.165) is 18.6 Å². The molecule has 2 saturated heterocycles. The second kappa shape index (κ2) is 8.05. The molecule has 2 aliphatic heterocycles. The molecule has 148 valence electrons. The molecule has 0 saturated carbocycles. The maximum Gasteiger partial charge on any atom is 0.256 e. The van der Waals surface area contributed by atoms with E-state index < -0.39 is 5.82 Å². The van der Waals surface area contributed by atoms with Crippen LogP contribution in [0.3, 0.4) is 0 Å². The van der Waals surface area contributed by atoms with E-state index in [1.807, 2.05) is 12.1 Å². The fourth-order valence-corrected chi connectivity index (χ4v) is 4.40. The number of halogens is 2. The monoisotopic (exact) mass is 404 g/mol. The number of carbonyl (C=O) groups excluding carboxylic acids is 1. The van der Waals surface area contributed by atoms with Crippen LogP contribution < -0.4 is 4.74 Å². The zero-order valence-corrected chi connectivity index (χ0v) is 16.2. The number of hydrogen-bond acceptors (Lipinski definition) is 4. The van der Waals surface area contributed by atoms with Gasteiger partial charge in [0, 0.05) is 55.1 Å². The van der Waals surface area contributed by atoms with Gasteiger partial charge in [-0.2, -0.15) is 0 Å². The highest BCUT2D eigenvalue weighted by atomic mass is 35.5. The second-order valence-electron chi connectivity index (χ2n) is 7.48. The van der Waals surface area contributed by atoms with E-state index in [1.54, 1.807) is 17.3 Å². The number of ether oxygens (including phenoxy) is 2. The molecule has 0 bridgehead atoms. The molecule has 1 aromatic carbocycles. The minimum Gasteiger partial charge on any atom is -0.493 e. The van der Waals surface area contributed by atoms with Crippen LogP contribution in [0.25, 0.3) is 0 Å². The Balaban J connectivity index is 1.54. The van der Waals surface area contributed by atoms with Gasteiger partial charge in [-0.05, 0) is 43.2 Å². The van der Waals surface area contributed by atoms with E-state index in [-0.39, 0.29) is 22.8 Å². The normalized spacial score (nSPS) is 21.1. The van der Waals surface area contributed by atoms with Gasteiger partial charge in [-0.15, -0.1) is 0 Å². The molecule has 2 aliphatic rings. The maximum absolute atomic E-state index is 14.2. The van der Waals surface area contributed by atoms with Crippen molar-refractivity contribution in [2.75, 3.05) is 32.9 Å². The number of carbonyl (C=O) groups is 1. The Kier molecular flexibility index (Phi) is 5.51. The van der Waals surface area contributed by atoms with Crippen LogP contribution in [0, 0.1) is 17.2 Å². The van der Waals surface area contributed by atoms with Crippen molar-refractivity contribution in [3.63, 3.8) is 0 Å². The molecule has 5 nitrogen and oxygen atoms in total. The summed E-state index contributed by atoms with van der Waals surface area (Å²) in [5.74, 6) is 0.0304. The van der Waals surface area contributed by atoms with Crippen molar-refractivity contribution < 1.29 is 18.7 Å². The zero-order chi connectivity index (χ0) is 19.6. The lowest BCUT2D eigenvalue weighted by molar-refractivity contribution is -0.00910. The van der Waals surface area contributed by atoms with Gasteiger partial charge >= 0.3 is 0 Å². The molecule has 28 heavy (non-hydrogen) atoms. The third-order valence-electron chi connectivity index (χ3n) is 5.85. The third-order valence-corrected chi connectivity index (χ3v) is 6.08. The van der Waals surface area contributed by atoms with E-state index in [2.05, 4.69) is 4.98 Å². The largest absolute Gasteiger partial charge is 0.493 e. The topological polar surface area (TPSA) is 51.7 Å². The number of aromatic nitrogens is 1. The van der Waals surface area contributed by atoms with Crippen LogP contribution in [0.4, 0.5) is 4.39 Å². The highest BCUT2D eigenvalue weighted by molar-refractivity contribution is 6.31. The lowest BCUT2D eigenvalue weighted by atomic mass is 9.72. The van der Waals surface area contributed by atoms with Gasteiger partial charge in [0.2, 0.25) is 0 Å². The summed E-state index contributed by atoms with van der Waals surface area (Å²) in [6, 6.07) is 7.71. The molecule has 2 fully saturated rings. The number of hydrogen-bond donors (Lipinski definition) is 0. The molecule has 1 spiro atoms. The summed E-state index contributed by atoms with van der Waals surface area (Å²) in [5, 5.41) is 0.349. The molecule has 1 amide bonds. The summed E-state index contributed by atoms with van der Waals surface area (Å²) in [6.07, 6.45) is 5.09. The molecule has 4 rings (SSSR count). The predicted octanol–water partition coefficient (Wildman–Crippen LogP) is 3.82. The van der Waals surface area contributed by atoms with Crippen LogP contribution in [0.2, 0.25) is 5.02 Å². The Hall–Kier alpha value is -2.18. The van der Waals surface area contributed by atoms with Gasteiger partial charge in [0.25, 0.3) is 5.91 Å². The SMILES string of the molecule is O=C(c1cc(Cl)ccc1F)N1CC(COc2ccncc2)C2(CCOCC2)C1. The second-order valence-corrected chi connectivity index (χ2v) is 7.91. The van der Waals surface area contributed by atoms with E-state index >= 15 is 0 Å². The molecule has 0 radical (unpaired) electrons. The highest BCUT2D eigenvalue weighted by Gasteiger charge is 2.49. The molecule has 7 heteroatoms. The van der Waals surface area contributed by atoms with Crippen LogP contribution in [0.15, 0.2) is 42.7 Å². The predicted molar refractivity (Wildman–Crippen MR) is 103 cm³/mol. The number of rotatable bonds is 4. The van der Waals surface area contributed by atoms with Gasteiger partial charge in [-0.3, -0.25) is 9.78 Å². The lowest BCUT2D eigenvalue weighted by Gasteiger charge is -2.37. The van der Waals surface area contributed by atoms with Gasteiger partial charge in [-0.1, -0.05) is 11.6 Å². The molecule has 2 aromatic rings. The molecule has 0 aliphatic carbocycles. The van der Waals surface area contributed by atoms with Crippen molar-refractivity contribution in [3.05, 3.63) is 59.1 Å². The Morgan fingerprint density at radius 1 is 1.29 bits per heavy atom. The smallest absolute Gasteiger partial charge is 0.256 e. The van der Waals surface area contributed by atoms with Crippen molar-refractivity contribution >= 4 is 17.5 Å². The molecule has 1 unspecified atom stereocenters. The van der Waals surface area contributed by atoms with Crippen LogP contribution in [0.1, 0.15) is 23.2 Å². The number of pyridine rings is 1. The fourth-order valence-electron chi connectivity index (χ4n) is 4.22. The fraction of sp³-hybridized carbons (Fsp3) is 0.429. The minimum absolute atomic E-state index is 0.0189. The summed E-state index contributed by atoms with van der Waals surface area (Å²) in [7, 11) is 0. The minimum atomic E-state index is -0.549. The number of benzene rings is 1. The quantitative estimate of drug-likeness (QED) is 0.777. The average molecular weight is 405 g/mol. The molecule has 1 atom stereocenters. The maximum atomic E-state index is 14.2. The zero-order valence-electron chi connectivity index (χ0n) is 15.4. The molecular formula is C21H22ClFN2O3. The van der Waals surface area contributed by atoms with Crippen LogP contribution in [-0.4, -0.2) is 48.7 Å². The van der Waals surface area contributed by atoms with Gasteiger partial charge in [0.15, 0.2) is 0 Å². The first-order chi connectivity index (χ1) is 13.6. The van der Waals surface area contributed by atoms with Crippen LogP contribution in [-0.2, 0) is 4.74 Å². The van der Waals surface area contributed by atoms with Crippen molar-refractivity contribution in [1.29, 1.82) is 0 Å². The highest BCUT2D eigenvalue weighted by Crippen LogP contribution is 2.45. The van der Waals surface area contributed by atoms with Crippen molar-refractivity contribution in [2.24, 2.45) is 11.3 Å². The van der Waals surface area contributed by atoms with Crippen molar-refractivity contribution in [2.45, 2.75) is 12.8 Å². The van der Waals surface area contributed by atoms with Gasteiger partial charge in [-0.25, -0.2) is 4.39 Å². The number of likely N-dealkylation sites (tertiary alicyclic amines) is 1. The van der Waals surface area contributed by atoms with Crippen LogP contribution in [0.5, 0.6) is 5.75 Å². The van der Waals surface area contributed by atoms with E-state index in [1.165, 1.54) is 18.2 Å². The Morgan fingerprint density at radius 3 is 2.79 bits per heavy atom. The molecule has 0 N–H and O–H groups in total. The molecule has 3 heterocycles. The summed E-state index contributed by atoms with van der Waals surface area (Å²) in [4.78, 5) is 18.7. The Morgan fingerprint density at radius 2 is 2.04 bits per heavy atom. The van der Waals surface area contributed by atoms with E-state index in [9.17, 15) is 9.18 Å². The van der Waals surface area contributed by atoms with Gasteiger partial charge < -0.3 is 14.4 Å². The summed E-state index contributed by atoms with van der Waals surface area (Å²) in [5.41, 5.74) is -0.0545. The Labute approximate surface area is 168 Å². The van der Waals surface area contributed by atoms with Gasteiger partial charge in [0.1, 0.15) is 11.6 Å². The van der Waals surface area contributed by atoms with E-state index in [0.29, 0.717) is 37.9 Å². The first-order valence-corrected chi connectivity index (χ1v) is 9.80. The molecular weight excluding hydrogens is 383 g/mol. The van der Waals surface area contributed by atoms with Crippen molar-refractivity contribution in [1.82, 2.24) is 9.88 Å². The van der Waals surface area contributed by atoms with E-state index in [4.69, 9.17) is 21.1 Å². The van der Waals surface area contributed by atoms with Crippen molar-refractivity contribution in [3.8, 4) is 5.75 Å². The standard InChI is InChI=1S/C21H22ClFN2O3/c22-16-1-2-19(23)18(11-16)20(26)25-12-15(13-28-17-3-7-24-8-4-17)21(14-25)5-9-27-10-6-21/h1-4,7-8,11,15H,5-6,9-10,12-14H2. The first-order valence-electron chi connectivity index (χ1n) is 9.42. The summed E-state index contributed by atoms with van der Waals surface area (Å²) < 4.78 is 25.7. The third kappa shape index (κ3) is 3.84. The van der Waals surface area contributed by atoms with Gasteiger partial charge in [0.05, 0.1) is 12.2 Å². The lowest BCUT2D eigenvalue weighted by Crippen LogP contribution is -2.39. The Bertz CT molecular complexity index is 843. The number of amides is 1. The number of nitrogens with zero attached hydrogens (tertiary/aromatic N) is 2. The summed E-state index contributed by atoms with van der Waals surface area (Å²) >= 11 is 5.98. The first kappa shape index (κ1) is 19.2. The molecule has 1 aromatic heterocycles. The summed E-state index contributed by atoms with van der Waals surface area (Å²) in [6.45, 7) is 2.92. The average Bonchev–Trinajstić information content (AvgIpc) is 3.06.